The van der Waals surface area contributed by atoms with E-state index in [1.54, 1.807) is 5.57 Å². The smallest absolute Gasteiger partial charge is 0.0625 e. The predicted octanol–water partition coefficient (Wildman–Crippen LogP) is 4.23. The topological polar surface area (TPSA) is 0 Å². The van der Waals surface area contributed by atoms with Crippen LogP contribution in [0.1, 0.15) is 15.1 Å². The molecule has 0 bridgehead atoms. The van der Waals surface area contributed by atoms with Gasteiger partial charge < -0.3 is 0 Å². The van der Waals surface area contributed by atoms with Crippen molar-refractivity contribution in [1.29, 1.82) is 0 Å². The van der Waals surface area contributed by atoms with Gasteiger partial charge in [-0.3, -0.25) is 0 Å². The van der Waals surface area contributed by atoms with Crippen molar-refractivity contribution in [2.45, 2.75) is 3.92 Å². The molecular formula is C12H8I2. The normalized spacial score (nSPS) is 23.1. The molecule has 1 atom stereocenters. The minimum atomic E-state index is 0.182. The SMILES string of the molecule is IC1C2=CI=CC=C2c2ccccc21. The lowest BCUT2D eigenvalue weighted by Crippen LogP contribution is -1.85. The average molecular weight is 406 g/mol. The fraction of sp³-hybridized carbons (Fsp3) is 0.0833. The molecule has 0 saturated carbocycles. The highest BCUT2D eigenvalue weighted by Crippen LogP contribution is 2.50. The molecule has 0 saturated heterocycles. The molecule has 14 heavy (non-hydrogen) atoms. The summed E-state index contributed by atoms with van der Waals surface area (Å²) in [5, 5.41) is 0. The molecule has 0 fully saturated rings. The summed E-state index contributed by atoms with van der Waals surface area (Å²) in [4.78, 5) is 0. The van der Waals surface area contributed by atoms with Gasteiger partial charge in [0.25, 0.3) is 0 Å². The Morgan fingerprint density at radius 2 is 2.07 bits per heavy atom. The van der Waals surface area contributed by atoms with Gasteiger partial charge in [0.05, 0.1) is 3.92 Å². The first-order valence-corrected chi connectivity index (χ1v) is 8.21. The van der Waals surface area contributed by atoms with Crippen molar-refractivity contribution >= 4 is 52.9 Å². The van der Waals surface area contributed by atoms with Crippen LogP contribution in [0.4, 0.5) is 0 Å². The molecule has 1 unspecified atom stereocenters. The predicted molar refractivity (Wildman–Crippen MR) is 79.3 cm³/mol. The van der Waals surface area contributed by atoms with Crippen LogP contribution < -0.4 is 0 Å². The summed E-state index contributed by atoms with van der Waals surface area (Å²) in [7, 11) is 0. The number of hydrogen-bond acceptors (Lipinski definition) is 0. The molecule has 0 spiro atoms. The van der Waals surface area contributed by atoms with Gasteiger partial charge in [-0.15, -0.1) is 0 Å². The molecule has 2 heteroatoms. The quantitative estimate of drug-likeness (QED) is 0.447. The van der Waals surface area contributed by atoms with Crippen molar-refractivity contribution in [2.75, 3.05) is 0 Å². The number of benzene rings is 1. The van der Waals surface area contributed by atoms with Crippen molar-refractivity contribution in [3.8, 4) is 0 Å². The van der Waals surface area contributed by atoms with E-state index in [-0.39, 0.29) is 20.7 Å². The van der Waals surface area contributed by atoms with Crippen molar-refractivity contribution in [1.82, 2.24) is 0 Å². The third-order valence-corrected chi connectivity index (χ3v) is 5.74. The zero-order chi connectivity index (χ0) is 9.54. The number of rotatable bonds is 0. The molecule has 1 aromatic rings. The molecule has 1 heterocycles. The number of hydrogen-bond donors (Lipinski definition) is 0. The molecule has 3 rings (SSSR count). The van der Waals surface area contributed by atoms with E-state index in [0.717, 1.165) is 0 Å². The third-order valence-electron chi connectivity index (χ3n) is 2.59. The molecule has 70 valence electrons. The van der Waals surface area contributed by atoms with E-state index in [0.29, 0.717) is 3.92 Å². The van der Waals surface area contributed by atoms with Crippen LogP contribution in [0, 0.1) is 0 Å². The van der Waals surface area contributed by atoms with Crippen LogP contribution >= 0.6 is 43.3 Å². The summed E-state index contributed by atoms with van der Waals surface area (Å²) in [6, 6.07) is 8.77. The maximum atomic E-state index is 2.55. The second-order valence-corrected chi connectivity index (χ2v) is 6.65. The number of allylic oxidation sites excluding steroid dienone is 3. The Bertz CT molecular complexity index is 481. The number of alkyl halides is 1. The molecule has 0 radical (unpaired) electrons. The van der Waals surface area contributed by atoms with E-state index in [2.05, 4.69) is 61.0 Å². The van der Waals surface area contributed by atoms with Gasteiger partial charge in [0.2, 0.25) is 0 Å². The Balaban J connectivity index is 2.31. The molecule has 0 amide bonds. The highest BCUT2D eigenvalue weighted by Gasteiger charge is 2.28. The summed E-state index contributed by atoms with van der Waals surface area (Å²) in [6.45, 7) is 0. The Kier molecular flexibility index (Phi) is 2.35. The van der Waals surface area contributed by atoms with E-state index in [1.807, 2.05) is 0 Å². The van der Waals surface area contributed by atoms with Gasteiger partial charge in [0.15, 0.2) is 0 Å². The molecule has 2 aliphatic rings. The van der Waals surface area contributed by atoms with Gasteiger partial charge in [-0.05, 0) is 36.4 Å². The summed E-state index contributed by atoms with van der Waals surface area (Å²) < 4.78 is 5.40. The Morgan fingerprint density at radius 3 is 3.00 bits per heavy atom. The lowest BCUT2D eigenvalue weighted by molar-refractivity contribution is 1.28. The van der Waals surface area contributed by atoms with E-state index in [1.165, 1.54) is 16.7 Å². The van der Waals surface area contributed by atoms with Gasteiger partial charge in [-0.2, -0.15) is 0 Å². The number of halogens is 2. The highest BCUT2D eigenvalue weighted by atomic mass is 127. The van der Waals surface area contributed by atoms with Gasteiger partial charge in [0, 0.05) is 0 Å². The second kappa shape index (κ2) is 3.56. The largest absolute Gasteiger partial charge is 0.0933 e. The van der Waals surface area contributed by atoms with Crippen LogP contribution in [0.25, 0.3) is 5.57 Å². The average Bonchev–Trinajstić information content (AvgIpc) is 2.55. The highest BCUT2D eigenvalue weighted by molar-refractivity contribution is 14.2. The first-order valence-electron chi connectivity index (χ1n) is 4.47. The van der Waals surface area contributed by atoms with Gasteiger partial charge >= 0.3 is 0 Å². The Hall–Kier alpha value is 0.0300. The van der Waals surface area contributed by atoms with E-state index in [4.69, 9.17) is 0 Å². The first kappa shape index (κ1) is 9.27. The summed E-state index contributed by atoms with van der Waals surface area (Å²) in [5.74, 6) is 0. The van der Waals surface area contributed by atoms with E-state index in [9.17, 15) is 0 Å². The minimum Gasteiger partial charge on any atom is -0.0933 e. The molecule has 1 aliphatic heterocycles. The van der Waals surface area contributed by atoms with Crippen molar-refractivity contribution in [3.05, 3.63) is 51.1 Å². The van der Waals surface area contributed by atoms with Gasteiger partial charge in [-0.1, -0.05) is 67.6 Å². The van der Waals surface area contributed by atoms with Crippen LogP contribution in [0.2, 0.25) is 0 Å². The Labute approximate surface area is 107 Å². The van der Waals surface area contributed by atoms with Crippen LogP contribution in [-0.4, -0.2) is 4.01 Å². The standard InChI is InChI=1S/C12H8I2/c13-12-10-4-2-1-3-8(10)9-5-6-14-7-11(9)12/h1-7,12H. The molecule has 1 aromatic carbocycles. The summed E-state index contributed by atoms with van der Waals surface area (Å²) >= 11 is 2.73. The number of fused-ring (bicyclic) bond motifs is 3. The zero-order valence-corrected chi connectivity index (χ0v) is 11.7. The maximum Gasteiger partial charge on any atom is 0.0625 e. The first-order chi connectivity index (χ1) is 6.88. The third kappa shape index (κ3) is 1.26. The monoisotopic (exact) mass is 406 g/mol. The van der Waals surface area contributed by atoms with Crippen LogP contribution in [0.3, 0.4) is 0 Å². The second-order valence-electron chi connectivity index (χ2n) is 3.35. The van der Waals surface area contributed by atoms with Crippen molar-refractivity contribution < 1.29 is 0 Å². The molecule has 0 nitrogen and oxygen atoms in total. The maximum absolute atomic E-state index is 2.55. The fourth-order valence-electron chi connectivity index (χ4n) is 1.93. The lowest BCUT2D eigenvalue weighted by Gasteiger charge is -2.05. The van der Waals surface area contributed by atoms with Crippen LogP contribution in [-0.2, 0) is 0 Å². The molecule has 0 N–H and O–H groups in total. The molecule has 1 aliphatic carbocycles. The molecule has 0 aromatic heterocycles. The lowest BCUT2D eigenvalue weighted by atomic mass is 10.1. The van der Waals surface area contributed by atoms with Crippen LogP contribution in [0.5, 0.6) is 0 Å². The van der Waals surface area contributed by atoms with E-state index >= 15 is 0 Å². The van der Waals surface area contributed by atoms with E-state index < -0.39 is 0 Å². The minimum absolute atomic E-state index is 0.182. The fourth-order valence-corrected chi connectivity index (χ4v) is 5.53. The summed E-state index contributed by atoms with van der Waals surface area (Å²) in [5.41, 5.74) is 5.95. The Morgan fingerprint density at radius 1 is 1.21 bits per heavy atom. The van der Waals surface area contributed by atoms with Crippen molar-refractivity contribution in [3.63, 3.8) is 0 Å². The summed E-state index contributed by atoms with van der Waals surface area (Å²) in [6.07, 6.45) is 2.32. The van der Waals surface area contributed by atoms with Crippen LogP contribution in [0.15, 0.2) is 40.0 Å². The molecular weight excluding hydrogens is 398 g/mol. The zero-order valence-electron chi connectivity index (χ0n) is 7.37. The van der Waals surface area contributed by atoms with Gasteiger partial charge in [0.1, 0.15) is 0 Å². The van der Waals surface area contributed by atoms with Crippen molar-refractivity contribution in [2.24, 2.45) is 0 Å². The van der Waals surface area contributed by atoms with Gasteiger partial charge in [-0.25, -0.2) is 0 Å².